The molecular formula is C10H14N2OS. The molecule has 0 radical (unpaired) electrons. The lowest BCUT2D eigenvalue weighted by Crippen LogP contribution is -2.30. The Labute approximate surface area is 88.3 Å². The minimum absolute atomic E-state index is 0.680. The Morgan fingerprint density at radius 3 is 3.14 bits per heavy atom. The molecule has 0 amide bonds. The maximum Gasteiger partial charge on any atom is 0.129 e. The van der Waals surface area contributed by atoms with Gasteiger partial charge in [0, 0.05) is 24.6 Å². The van der Waals surface area contributed by atoms with Crippen molar-refractivity contribution in [1.29, 1.82) is 0 Å². The lowest BCUT2D eigenvalue weighted by Gasteiger charge is -2.25. The Hall–Kier alpha value is -0.740. The highest BCUT2D eigenvalue weighted by Gasteiger charge is 2.18. The first-order valence-electron chi connectivity index (χ1n) is 4.71. The van der Waals surface area contributed by atoms with E-state index in [4.69, 9.17) is 4.74 Å². The van der Waals surface area contributed by atoms with Crippen LogP contribution >= 0.6 is 11.8 Å². The summed E-state index contributed by atoms with van der Waals surface area (Å²) >= 11 is 1.94. The zero-order chi connectivity index (χ0) is 9.80. The minimum Gasteiger partial charge on any atom is -0.379 e. The second-order valence-electron chi connectivity index (χ2n) is 3.23. The molecule has 0 atom stereocenters. The Kier molecular flexibility index (Phi) is 3.26. The summed E-state index contributed by atoms with van der Waals surface area (Å²) in [5, 5.41) is 3.78. The molecule has 1 aromatic rings. The van der Waals surface area contributed by atoms with Crippen LogP contribution in [0.5, 0.6) is 0 Å². The number of nitrogens with one attached hydrogen (secondary N) is 1. The molecule has 1 saturated heterocycles. The lowest BCUT2D eigenvalue weighted by atomic mass is 10.3. The van der Waals surface area contributed by atoms with E-state index < -0.39 is 0 Å². The number of hydrogen-bond acceptors (Lipinski definition) is 4. The third kappa shape index (κ3) is 2.19. The van der Waals surface area contributed by atoms with E-state index in [2.05, 4.69) is 16.4 Å². The van der Waals surface area contributed by atoms with Gasteiger partial charge in [-0.25, -0.2) is 4.98 Å². The molecule has 1 aromatic heterocycles. The first-order valence-corrected chi connectivity index (χ1v) is 5.76. The van der Waals surface area contributed by atoms with E-state index in [1.807, 2.05) is 31.1 Å². The summed E-state index contributed by atoms with van der Waals surface area (Å²) < 4.78 is 5.13. The number of hydrogen-bond donors (Lipinski definition) is 1. The first-order chi connectivity index (χ1) is 6.90. The summed E-state index contributed by atoms with van der Waals surface area (Å²) in [4.78, 5) is 4.26. The monoisotopic (exact) mass is 210 g/mol. The summed E-state index contributed by atoms with van der Waals surface area (Å²) in [7, 11) is 1.91. The van der Waals surface area contributed by atoms with Crippen molar-refractivity contribution in [3.63, 3.8) is 0 Å². The summed E-state index contributed by atoms with van der Waals surface area (Å²) in [6, 6.07) is 4.10. The van der Waals surface area contributed by atoms with Crippen molar-refractivity contribution in [3.8, 4) is 0 Å². The molecule has 2 rings (SSSR count). The van der Waals surface area contributed by atoms with Crippen LogP contribution < -0.4 is 5.32 Å². The van der Waals surface area contributed by atoms with Gasteiger partial charge in [0.15, 0.2) is 0 Å². The van der Waals surface area contributed by atoms with Crippen molar-refractivity contribution in [2.24, 2.45) is 0 Å². The molecule has 0 aromatic carbocycles. The number of nitrogens with zero attached hydrogens (tertiary/aromatic N) is 1. The van der Waals surface area contributed by atoms with Gasteiger partial charge in [0.2, 0.25) is 0 Å². The van der Waals surface area contributed by atoms with Crippen LogP contribution in [0.4, 0.5) is 5.82 Å². The van der Waals surface area contributed by atoms with Crippen LogP contribution in [-0.2, 0) is 10.5 Å². The Morgan fingerprint density at radius 1 is 1.64 bits per heavy atom. The summed E-state index contributed by atoms with van der Waals surface area (Å²) in [5.41, 5.74) is 1.27. The maximum absolute atomic E-state index is 5.13. The second-order valence-corrected chi connectivity index (χ2v) is 4.52. The molecule has 1 N–H and O–H groups in total. The molecule has 0 bridgehead atoms. The molecule has 0 unspecified atom stereocenters. The van der Waals surface area contributed by atoms with Crippen molar-refractivity contribution < 1.29 is 4.74 Å². The van der Waals surface area contributed by atoms with Crippen molar-refractivity contribution >= 4 is 17.6 Å². The number of anilines is 1. The van der Waals surface area contributed by atoms with E-state index in [0.717, 1.165) is 24.8 Å². The van der Waals surface area contributed by atoms with Gasteiger partial charge in [-0.1, -0.05) is 6.07 Å². The van der Waals surface area contributed by atoms with Crippen molar-refractivity contribution in [3.05, 3.63) is 23.9 Å². The average molecular weight is 210 g/mol. The van der Waals surface area contributed by atoms with Crippen molar-refractivity contribution in [2.75, 3.05) is 25.6 Å². The SMILES string of the molecule is CNc1ncccc1CSC1COC1. The third-order valence-electron chi connectivity index (χ3n) is 2.21. The molecular weight excluding hydrogens is 196 g/mol. The number of pyridine rings is 1. The van der Waals surface area contributed by atoms with Gasteiger partial charge in [-0.15, -0.1) is 11.8 Å². The summed E-state index contributed by atoms with van der Waals surface area (Å²) in [6.45, 7) is 1.81. The minimum atomic E-state index is 0.680. The quantitative estimate of drug-likeness (QED) is 0.821. The van der Waals surface area contributed by atoms with Gasteiger partial charge >= 0.3 is 0 Å². The highest BCUT2D eigenvalue weighted by molar-refractivity contribution is 7.99. The van der Waals surface area contributed by atoms with Gasteiger partial charge in [0.1, 0.15) is 5.82 Å². The molecule has 2 heterocycles. The van der Waals surface area contributed by atoms with Crippen LogP contribution in [0.2, 0.25) is 0 Å². The number of rotatable bonds is 4. The van der Waals surface area contributed by atoms with Crippen LogP contribution in [-0.4, -0.2) is 30.5 Å². The van der Waals surface area contributed by atoms with E-state index in [9.17, 15) is 0 Å². The molecule has 76 valence electrons. The second kappa shape index (κ2) is 4.66. The van der Waals surface area contributed by atoms with Crippen LogP contribution in [0, 0.1) is 0 Å². The fourth-order valence-electron chi connectivity index (χ4n) is 1.30. The average Bonchev–Trinajstić information content (AvgIpc) is 2.16. The lowest BCUT2D eigenvalue weighted by molar-refractivity contribution is 0.0455. The van der Waals surface area contributed by atoms with E-state index in [1.165, 1.54) is 5.56 Å². The number of thioether (sulfide) groups is 1. The van der Waals surface area contributed by atoms with Gasteiger partial charge in [0.05, 0.1) is 18.5 Å². The Morgan fingerprint density at radius 2 is 2.50 bits per heavy atom. The smallest absolute Gasteiger partial charge is 0.129 e. The molecule has 1 fully saturated rings. The Bertz CT molecular complexity index is 302. The standard InChI is InChI=1S/C10H14N2OS/c1-11-10-8(3-2-4-12-10)7-14-9-5-13-6-9/h2-4,9H,5-7H2,1H3,(H,11,12). The van der Waals surface area contributed by atoms with E-state index in [-0.39, 0.29) is 0 Å². The van der Waals surface area contributed by atoms with Gasteiger partial charge in [-0.3, -0.25) is 0 Å². The molecule has 14 heavy (non-hydrogen) atoms. The van der Waals surface area contributed by atoms with Crippen LogP contribution in [0.15, 0.2) is 18.3 Å². The number of ether oxygens (including phenoxy) is 1. The molecule has 0 saturated carbocycles. The maximum atomic E-state index is 5.13. The van der Waals surface area contributed by atoms with Gasteiger partial charge < -0.3 is 10.1 Å². The van der Waals surface area contributed by atoms with Crippen LogP contribution in [0.1, 0.15) is 5.56 Å². The molecule has 1 aliphatic heterocycles. The van der Waals surface area contributed by atoms with Crippen LogP contribution in [0.25, 0.3) is 0 Å². The third-order valence-corrected chi connectivity index (χ3v) is 3.43. The summed E-state index contributed by atoms with van der Waals surface area (Å²) in [6.07, 6.45) is 1.81. The van der Waals surface area contributed by atoms with E-state index in [1.54, 1.807) is 0 Å². The first kappa shape index (κ1) is 9.80. The van der Waals surface area contributed by atoms with Crippen LogP contribution in [0.3, 0.4) is 0 Å². The molecule has 1 aliphatic rings. The fourth-order valence-corrected chi connectivity index (χ4v) is 2.33. The van der Waals surface area contributed by atoms with Gasteiger partial charge in [0.25, 0.3) is 0 Å². The Balaban J connectivity index is 1.93. The van der Waals surface area contributed by atoms with E-state index in [0.29, 0.717) is 5.25 Å². The highest BCUT2D eigenvalue weighted by atomic mass is 32.2. The predicted molar refractivity (Wildman–Crippen MR) is 59.7 cm³/mol. The zero-order valence-electron chi connectivity index (χ0n) is 8.19. The predicted octanol–water partition coefficient (Wildman–Crippen LogP) is 1.76. The number of aromatic nitrogens is 1. The summed E-state index contributed by atoms with van der Waals surface area (Å²) in [5.74, 6) is 2.00. The van der Waals surface area contributed by atoms with Crippen molar-refractivity contribution in [1.82, 2.24) is 4.98 Å². The molecule has 4 heteroatoms. The normalized spacial score (nSPS) is 16.4. The largest absolute Gasteiger partial charge is 0.379 e. The van der Waals surface area contributed by atoms with Gasteiger partial charge in [-0.05, 0) is 6.07 Å². The fraction of sp³-hybridized carbons (Fsp3) is 0.500. The zero-order valence-corrected chi connectivity index (χ0v) is 9.01. The van der Waals surface area contributed by atoms with Gasteiger partial charge in [-0.2, -0.15) is 0 Å². The molecule has 3 nitrogen and oxygen atoms in total. The van der Waals surface area contributed by atoms with Crippen molar-refractivity contribution in [2.45, 2.75) is 11.0 Å². The molecule has 0 spiro atoms. The molecule has 0 aliphatic carbocycles. The topological polar surface area (TPSA) is 34.2 Å². The highest BCUT2D eigenvalue weighted by Crippen LogP contribution is 2.25. The van der Waals surface area contributed by atoms with E-state index >= 15 is 0 Å².